The van der Waals surface area contributed by atoms with Gasteiger partial charge in [-0.1, -0.05) is 13.8 Å². The van der Waals surface area contributed by atoms with Gasteiger partial charge in [0.25, 0.3) is 0 Å². The lowest BCUT2D eigenvalue weighted by atomic mass is 9.70. The molecule has 3 nitrogen and oxygen atoms in total. The van der Waals surface area contributed by atoms with Crippen LogP contribution in [0.15, 0.2) is 36.1 Å². The van der Waals surface area contributed by atoms with E-state index < -0.39 is 23.5 Å². The normalized spacial score (nSPS) is 25.5. The Labute approximate surface area is 126 Å². The zero-order valence-electron chi connectivity index (χ0n) is 12.3. The van der Waals surface area contributed by atoms with Crippen LogP contribution < -0.4 is 4.74 Å². The molecule has 0 radical (unpaired) electrons. The number of benzene rings is 1. The summed E-state index contributed by atoms with van der Waals surface area (Å²) in [5.41, 5.74) is -1.73. The zero-order chi connectivity index (χ0) is 16.5. The summed E-state index contributed by atoms with van der Waals surface area (Å²) in [6.45, 7) is 2.80. The van der Waals surface area contributed by atoms with Crippen LogP contribution in [0.1, 0.15) is 37.0 Å². The first-order valence-electron chi connectivity index (χ1n) is 6.90. The Morgan fingerprint density at radius 2 is 1.91 bits per heavy atom. The quantitative estimate of drug-likeness (QED) is 0.883. The molecule has 0 amide bonds. The number of hydrogen-bond donors (Lipinski definition) is 1. The highest BCUT2D eigenvalue weighted by Crippen LogP contribution is 2.51. The van der Waals surface area contributed by atoms with Gasteiger partial charge in [0.1, 0.15) is 11.5 Å². The van der Waals surface area contributed by atoms with Crippen molar-refractivity contribution in [1.82, 2.24) is 0 Å². The van der Waals surface area contributed by atoms with E-state index in [-0.39, 0.29) is 17.7 Å². The van der Waals surface area contributed by atoms with Crippen molar-refractivity contribution in [2.75, 3.05) is 0 Å². The zero-order valence-corrected chi connectivity index (χ0v) is 12.3. The highest BCUT2D eigenvalue weighted by atomic mass is 19.4. The first kappa shape index (κ1) is 16.4. The molecule has 0 aromatic heterocycles. The highest BCUT2D eigenvalue weighted by Gasteiger charge is 2.55. The van der Waals surface area contributed by atoms with Gasteiger partial charge in [0, 0.05) is 6.42 Å². The minimum absolute atomic E-state index is 0.0960. The van der Waals surface area contributed by atoms with Crippen LogP contribution in [0.5, 0.6) is 5.75 Å². The van der Waals surface area contributed by atoms with Crippen molar-refractivity contribution in [3.8, 4) is 5.75 Å². The third kappa shape index (κ3) is 3.10. The molecule has 1 aromatic rings. The molecule has 1 aliphatic carbocycles. The molecule has 0 fully saturated rings. The molecule has 1 N–H and O–H groups in total. The van der Waals surface area contributed by atoms with Crippen LogP contribution in [-0.2, 0) is 0 Å². The summed E-state index contributed by atoms with van der Waals surface area (Å²) in [6, 6.07) is 5.58. The fourth-order valence-electron chi connectivity index (χ4n) is 2.45. The van der Waals surface area contributed by atoms with Gasteiger partial charge >= 0.3 is 12.1 Å². The molecule has 6 heteroatoms. The molecule has 0 saturated carbocycles. The smallest absolute Gasteiger partial charge is 0.394 e. The monoisotopic (exact) mass is 314 g/mol. The topological polar surface area (TPSA) is 46.5 Å². The molecule has 2 rings (SSSR count). The minimum atomic E-state index is -4.30. The van der Waals surface area contributed by atoms with Crippen LogP contribution in [-0.4, -0.2) is 17.3 Å². The second-order valence-corrected chi connectivity index (χ2v) is 5.83. The molecule has 0 heterocycles. The molecule has 2 unspecified atom stereocenters. The second-order valence-electron chi connectivity index (χ2n) is 5.83. The van der Waals surface area contributed by atoms with Crippen LogP contribution in [0, 0.1) is 11.3 Å². The van der Waals surface area contributed by atoms with Gasteiger partial charge < -0.3 is 9.84 Å². The number of ether oxygens (including phenoxy) is 1. The van der Waals surface area contributed by atoms with E-state index in [4.69, 9.17) is 9.84 Å². The SMILES string of the molecule is CC1CC=C(Oc2ccc(C(=O)O)cc2)CC1(C)C(F)(F)F. The number of hydrogen-bond acceptors (Lipinski definition) is 2. The van der Waals surface area contributed by atoms with E-state index >= 15 is 0 Å². The number of aromatic carboxylic acids is 1. The van der Waals surface area contributed by atoms with Crippen molar-refractivity contribution in [3.05, 3.63) is 41.7 Å². The third-order valence-corrected chi connectivity index (χ3v) is 4.33. The number of allylic oxidation sites excluding steroid dienone is 2. The largest absolute Gasteiger partial charge is 0.478 e. The standard InChI is InChI=1S/C16H17F3O3/c1-10-3-6-13(9-15(10,2)16(17,18)19)22-12-7-4-11(5-8-12)14(20)21/h4-8,10H,3,9H2,1-2H3,(H,20,21). The number of rotatable bonds is 3. The van der Waals surface area contributed by atoms with Gasteiger partial charge in [-0.05, 0) is 42.7 Å². The van der Waals surface area contributed by atoms with Crippen LogP contribution in [0.3, 0.4) is 0 Å². The summed E-state index contributed by atoms with van der Waals surface area (Å²) in [6.07, 6.45) is -2.57. The fourth-order valence-corrected chi connectivity index (χ4v) is 2.45. The summed E-state index contributed by atoms with van der Waals surface area (Å²) < 4.78 is 45.3. The molecule has 0 aliphatic heterocycles. The molecule has 2 atom stereocenters. The minimum Gasteiger partial charge on any atom is -0.478 e. The van der Waals surface area contributed by atoms with E-state index in [9.17, 15) is 18.0 Å². The molecule has 0 saturated heterocycles. The molecule has 1 aromatic carbocycles. The van der Waals surface area contributed by atoms with E-state index in [0.717, 1.165) is 0 Å². The first-order chi connectivity index (χ1) is 10.1. The molecular formula is C16H17F3O3. The van der Waals surface area contributed by atoms with Gasteiger partial charge in [0.15, 0.2) is 0 Å². The average Bonchev–Trinajstić information content (AvgIpc) is 2.42. The lowest BCUT2D eigenvalue weighted by molar-refractivity contribution is -0.237. The molecule has 22 heavy (non-hydrogen) atoms. The predicted octanol–water partition coefficient (Wildman–Crippen LogP) is 4.65. The number of carboxylic acid groups (broad SMARTS) is 1. The van der Waals surface area contributed by atoms with E-state index in [1.165, 1.54) is 31.2 Å². The van der Waals surface area contributed by atoms with E-state index in [2.05, 4.69) is 0 Å². The Kier molecular flexibility index (Phi) is 4.22. The van der Waals surface area contributed by atoms with Crippen molar-refractivity contribution in [1.29, 1.82) is 0 Å². The van der Waals surface area contributed by atoms with Crippen molar-refractivity contribution in [3.63, 3.8) is 0 Å². The summed E-state index contributed by atoms with van der Waals surface area (Å²) >= 11 is 0. The Morgan fingerprint density at radius 1 is 1.32 bits per heavy atom. The number of alkyl halides is 3. The molecular weight excluding hydrogens is 297 g/mol. The van der Waals surface area contributed by atoms with Crippen molar-refractivity contribution < 1.29 is 27.8 Å². The van der Waals surface area contributed by atoms with Crippen molar-refractivity contribution >= 4 is 5.97 Å². The van der Waals surface area contributed by atoms with Crippen molar-refractivity contribution in [2.45, 2.75) is 32.9 Å². The first-order valence-corrected chi connectivity index (χ1v) is 6.90. The Morgan fingerprint density at radius 3 is 2.41 bits per heavy atom. The van der Waals surface area contributed by atoms with Gasteiger partial charge in [-0.25, -0.2) is 4.79 Å². The lowest BCUT2D eigenvalue weighted by Gasteiger charge is -2.40. The van der Waals surface area contributed by atoms with E-state index in [0.29, 0.717) is 12.2 Å². The molecule has 0 bridgehead atoms. The van der Waals surface area contributed by atoms with Gasteiger partial charge in [-0.3, -0.25) is 0 Å². The van der Waals surface area contributed by atoms with Gasteiger partial charge in [0.2, 0.25) is 0 Å². The maximum absolute atomic E-state index is 13.3. The van der Waals surface area contributed by atoms with Crippen molar-refractivity contribution in [2.24, 2.45) is 11.3 Å². The lowest BCUT2D eigenvalue weighted by Crippen LogP contribution is -2.43. The van der Waals surface area contributed by atoms with Gasteiger partial charge in [-0.2, -0.15) is 13.2 Å². The second kappa shape index (κ2) is 5.66. The summed E-state index contributed by atoms with van der Waals surface area (Å²) in [5, 5.41) is 8.81. The average molecular weight is 314 g/mol. The summed E-state index contributed by atoms with van der Waals surface area (Å²) in [7, 11) is 0. The number of carboxylic acids is 1. The fraction of sp³-hybridized carbons (Fsp3) is 0.438. The Balaban J connectivity index is 2.15. The summed E-state index contributed by atoms with van der Waals surface area (Å²) in [5.74, 6) is -0.993. The summed E-state index contributed by atoms with van der Waals surface area (Å²) in [4.78, 5) is 10.8. The Hall–Kier alpha value is -1.98. The maximum atomic E-state index is 13.3. The third-order valence-electron chi connectivity index (χ3n) is 4.33. The molecule has 1 aliphatic rings. The van der Waals surface area contributed by atoms with Gasteiger partial charge in [0.05, 0.1) is 11.0 Å². The predicted molar refractivity (Wildman–Crippen MR) is 74.7 cm³/mol. The van der Waals surface area contributed by atoms with E-state index in [1.807, 2.05) is 0 Å². The van der Waals surface area contributed by atoms with Crippen LogP contribution >= 0.6 is 0 Å². The van der Waals surface area contributed by atoms with Crippen LogP contribution in [0.2, 0.25) is 0 Å². The number of carbonyl (C=O) groups is 1. The van der Waals surface area contributed by atoms with Gasteiger partial charge in [-0.15, -0.1) is 0 Å². The molecule has 0 spiro atoms. The highest BCUT2D eigenvalue weighted by molar-refractivity contribution is 5.87. The van der Waals surface area contributed by atoms with E-state index in [1.54, 1.807) is 13.0 Å². The maximum Gasteiger partial charge on any atom is 0.394 e. The Bertz CT molecular complexity index is 590. The number of halogens is 3. The van der Waals surface area contributed by atoms with Crippen LogP contribution in [0.4, 0.5) is 13.2 Å². The van der Waals surface area contributed by atoms with Crippen LogP contribution in [0.25, 0.3) is 0 Å². The molecule has 120 valence electrons.